The van der Waals surface area contributed by atoms with Crippen LogP contribution in [0.5, 0.6) is 0 Å². The number of benzene rings is 1. The van der Waals surface area contributed by atoms with E-state index in [2.05, 4.69) is 11.9 Å². The minimum atomic E-state index is -1.06. The summed E-state index contributed by atoms with van der Waals surface area (Å²) >= 11 is 0. The molecule has 0 aliphatic heterocycles. The van der Waals surface area contributed by atoms with E-state index >= 15 is 0 Å². The van der Waals surface area contributed by atoms with Crippen LogP contribution >= 0.6 is 0 Å². The third-order valence-electron chi connectivity index (χ3n) is 2.53. The molecule has 0 radical (unpaired) electrons. The number of carbonyl (C=O) groups is 1. The first kappa shape index (κ1) is 10.4. The van der Waals surface area contributed by atoms with Crippen LogP contribution in [0.1, 0.15) is 23.0 Å². The summed E-state index contributed by atoms with van der Waals surface area (Å²) in [6.07, 6.45) is 0.913. The number of nitrogens with two attached hydrogens (primary N) is 1. The first-order valence-electron chi connectivity index (χ1n) is 5.04. The maximum atomic E-state index is 10.8. The Hall–Kier alpha value is -2.10. The highest BCUT2D eigenvalue weighted by Crippen LogP contribution is 2.22. The minimum absolute atomic E-state index is 0.0192. The third kappa shape index (κ3) is 1.69. The van der Waals surface area contributed by atoms with Crippen LogP contribution in [0.15, 0.2) is 24.3 Å². The Morgan fingerprint density at radius 3 is 2.81 bits per heavy atom. The third-order valence-corrected chi connectivity index (χ3v) is 2.53. The number of carboxylic acids is 1. The van der Waals surface area contributed by atoms with E-state index in [1.807, 2.05) is 12.1 Å². The molecule has 16 heavy (non-hydrogen) atoms. The van der Waals surface area contributed by atoms with E-state index in [0.717, 1.165) is 17.4 Å². The largest absolute Gasteiger partial charge is 0.477 e. The molecule has 0 spiro atoms. The number of hydrogen-bond donors (Lipinski definition) is 2. The molecule has 3 N–H and O–H groups in total. The molecule has 0 unspecified atom stereocenters. The lowest BCUT2D eigenvalue weighted by atomic mass is 10.1. The summed E-state index contributed by atoms with van der Waals surface area (Å²) in [4.78, 5) is 14.8. The number of pyridine rings is 1. The lowest BCUT2D eigenvalue weighted by Crippen LogP contribution is -2.02. The Morgan fingerprint density at radius 2 is 2.19 bits per heavy atom. The van der Waals surface area contributed by atoms with Gasteiger partial charge in [-0.15, -0.1) is 0 Å². The number of aryl methyl sites for hydroxylation is 1. The van der Waals surface area contributed by atoms with E-state index in [9.17, 15) is 4.79 Å². The number of rotatable bonds is 2. The second-order valence-corrected chi connectivity index (χ2v) is 3.61. The molecule has 0 bridgehead atoms. The van der Waals surface area contributed by atoms with Gasteiger partial charge in [0.1, 0.15) is 0 Å². The van der Waals surface area contributed by atoms with Crippen LogP contribution < -0.4 is 5.73 Å². The van der Waals surface area contributed by atoms with Crippen LogP contribution in [-0.2, 0) is 6.42 Å². The van der Waals surface area contributed by atoms with E-state index in [0.29, 0.717) is 11.2 Å². The van der Waals surface area contributed by atoms with Gasteiger partial charge in [-0.25, -0.2) is 9.78 Å². The van der Waals surface area contributed by atoms with Gasteiger partial charge in [-0.05, 0) is 30.2 Å². The molecule has 0 saturated heterocycles. The summed E-state index contributed by atoms with van der Waals surface area (Å²) in [7, 11) is 0. The van der Waals surface area contributed by atoms with Crippen molar-refractivity contribution < 1.29 is 9.90 Å². The van der Waals surface area contributed by atoms with Gasteiger partial charge in [0.25, 0.3) is 0 Å². The Labute approximate surface area is 92.7 Å². The maximum Gasteiger partial charge on any atom is 0.354 e. The molecule has 1 aromatic carbocycles. The predicted molar refractivity (Wildman–Crippen MR) is 62.5 cm³/mol. The van der Waals surface area contributed by atoms with Crippen LogP contribution in [0.25, 0.3) is 10.9 Å². The monoisotopic (exact) mass is 216 g/mol. The van der Waals surface area contributed by atoms with Crippen LogP contribution in [0.4, 0.5) is 5.69 Å². The quantitative estimate of drug-likeness (QED) is 0.805. The average molecular weight is 216 g/mol. The highest BCUT2D eigenvalue weighted by Gasteiger charge is 2.09. The fourth-order valence-corrected chi connectivity index (χ4v) is 1.63. The zero-order valence-corrected chi connectivity index (χ0v) is 8.90. The van der Waals surface area contributed by atoms with Crippen LogP contribution in [0, 0.1) is 0 Å². The van der Waals surface area contributed by atoms with Crippen molar-refractivity contribution in [1.82, 2.24) is 4.98 Å². The SMILES string of the molecule is CCc1ccc2nc(C(=O)O)cc(N)c2c1. The zero-order valence-electron chi connectivity index (χ0n) is 8.90. The van der Waals surface area contributed by atoms with Crippen molar-refractivity contribution in [2.24, 2.45) is 0 Å². The fraction of sp³-hybridized carbons (Fsp3) is 0.167. The number of aromatic carboxylic acids is 1. The molecule has 0 saturated carbocycles. The standard InChI is InChI=1S/C12H12N2O2/c1-2-7-3-4-10-8(5-7)9(13)6-11(14-10)12(15)16/h3-6H,2H2,1H3,(H2,13,14)(H,15,16). The van der Waals surface area contributed by atoms with Gasteiger partial charge in [0.05, 0.1) is 5.52 Å². The van der Waals surface area contributed by atoms with Gasteiger partial charge in [-0.3, -0.25) is 0 Å². The van der Waals surface area contributed by atoms with Crippen molar-refractivity contribution in [3.63, 3.8) is 0 Å². The minimum Gasteiger partial charge on any atom is -0.477 e. The molecule has 4 heteroatoms. The normalized spacial score (nSPS) is 10.6. The summed E-state index contributed by atoms with van der Waals surface area (Å²) in [6.45, 7) is 2.05. The second-order valence-electron chi connectivity index (χ2n) is 3.61. The van der Waals surface area contributed by atoms with Gasteiger partial charge in [-0.2, -0.15) is 0 Å². The number of anilines is 1. The zero-order chi connectivity index (χ0) is 11.7. The molecule has 0 fully saturated rings. The Morgan fingerprint density at radius 1 is 1.44 bits per heavy atom. The molecule has 0 atom stereocenters. The van der Waals surface area contributed by atoms with E-state index in [-0.39, 0.29) is 5.69 Å². The number of nitrogen functional groups attached to an aromatic ring is 1. The van der Waals surface area contributed by atoms with Crippen LogP contribution in [-0.4, -0.2) is 16.1 Å². The Kier molecular flexibility index (Phi) is 2.48. The summed E-state index contributed by atoms with van der Waals surface area (Å²) in [6, 6.07) is 7.07. The molecule has 1 aromatic heterocycles. The van der Waals surface area contributed by atoms with Crippen molar-refractivity contribution in [1.29, 1.82) is 0 Å². The number of hydrogen-bond acceptors (Lipinski definition) is 3. The first-order valence-corrected chi connectivity index (χ1v) is 5.04. The van der Waals surface area contributed by atoms with Crippen molar-refractivity contribution in [2.75, 3.05) is 5.73 Å². The molecule has 2 rings (SSSR count). The van der Waals surface area contributed by atoms with E-state index in [1.54, 1.807) is 6.07 Å². The predicted octanol–water partition coefficient (Wildman–Crippen LogP) is 2.08. The molecule has 82 valence electrons. The number of nitrogens with zero attached hydrogens (tertiary/aromatic N) is 1. The van der Waals surface area contributed by atoms with Crippen molar-refractivity contribution >= 4 is 22.6 Å². The second kappa shape index (κ2) is 3.81. The van der Waals surface area contributed by atoms with Gasteiger partial charge in [0.15, 0.2) is 5.69 Å². The average Bonchev–Trinajstić information content (AvgIpc) is 2.28. The van der Waals surface area contributed by atoms with Gasteiger partial charge in [0, 0.05) is 11.1 Å². The molecule has 4 nitrogen and oxygen atoms in total. The fourth-order valence-electron chi connectivity index (χ4n) is 1.63. The van der Waals surface area contributed by atoms with E-state index in [4.69, 9.17) is 10.8 Å². The van der Waals surface area contributed by atoms with Crippen LogP contribution in [0.2, 0.25) is 0 Å². The molecule has 0 amide bonds. The van der Waals surface area contributed by atoms with E-state index < -0.39 is 5.97 Å². The van der Waals surface area contributed by atoms with Crippen LogP contribution in [0.3, 0.4) is 0 Å². The highest BCUT2D eigenvalue weighted by molar-refractivity contribution is 5.96. The lowest BCUT2D eigenvalue weighted by molar-refractivity contribution is 0.0691. The molecule has 0 aliphatic carbocycles. The number of carboxylic acid groups (broad SMARTS) is 1. The smallest absolute Gasteiger partial charge is 0.354 e. The van der Waals surface area contributed by atoms with Crippen molar-refractivity contribution in [3.8, 4) is 0 Å². The summed E-state index contributed by atoms with van der Waals surface area (Å²) in [5.74, 6) is -1.06. The van der Waals surface area contributed by atoms with Gasteiger partial charge in [0.2, 0.25) is 0 Å². The van der Waals surface area contributed by atoms with E-state index in [1.165, 1.54) is 6.07 Å². The molecular formula is C12H12N2O2. The number of fused-ring (bicyclic) bond motifs is 1. The highest BCUT2D eigenvalue weighted by atomic mass is 16.4. The molecular weight excluding hydrogens is 204 g/mol. The first-order chi connectivity index (χ1) is 7.61. The van der Waals surface area contributed by atoms with Crippen molar-refractivity contribution in [2.45, 2.75) is 13.3 Å². The Balaban J connectivity index is 2.71. The molecule has 1 heterocycles. The Bertz CT molecular complexity index is 564. The summed E-state index contributed by atoms with van der Waals surface area (Å²) < 4.78 is 0. The van der Waals surface area contributed by atoms with Gasteiger partial charge >= 0.3 is 5.97 Å². The lowest BCUT2D eigenvalue weighted by Gasteiger charge is -2.05. The maximum absolute atomic E-state index is 10.8. The van der Waals surface area contributed by atoms with Crippen molar-refractivity contribution in [3.05, 3.63) is 35.5 Å². The van der Waals surface area contributed by atoms with Gasteiger partial charge in [-0.1, -0.05) is 13.0 Å². The summed E-state index contributed by atoms with van der Waals surface area (Å²) in [5.41, 5.74) is 8.03. The number of aromatic nitrogens is 1. The van der Waals surface area contributed by atoms with Gasteiger partial charge < -0.3 is 10.8 Å². The summed E-state index contributed by atoms with van der Waals surface area (Å²) in [5, 5.41) is 9.66. The topological polar surface area (TPSA) is 76.2 Å². The molecule has 2 aromatic rings. The molecule has 0 aliphatic rings.